The highest BCUT2D eigenvalue weighted by atomic mass is 16.6. The molecule has 6 heteroatoms. The summed E-state index contributed by atoms with van der Waals surface area (Å²) in [6, 6.07) is 0. The van der Waals surface area contributed by atoms with Gasteiger partial charge in [-0.15, -0.1) is 0 Å². The van der Waals surface area contributed by atoms with Crippen molar-refractivity contribution in [2.24, 2.45) is 0 Å². The smallest absolute Gasteiger partial charge is 0.306 e. The molecule has 0 aliphatic heterocycles. The van der Waals surface area contributed by atoms with E-state index in [1.54, 1.807) is 0 Å². The molecule has 0 fully saturated rings. The second kappa shape index (κ2) is 70.8. The number of allylic oxidation sites excluding steroid dienone is 16. The lowest BCUT2D eigenvalue weighted by atomic mass is 10.0. The van der Waals surface area contributed by atoms with Crippen molar-refractivity contribution in [1.29, 1.82) is 0 Å². The van der Waals surface area contributed by atoms with Crippen molar-refractivity contribution in [2.45, 2.75) is 361 Å². The monoisotopic (exact) mass is 1160 g/mol. The Balaban J connectivity index is 4.25. The van der Waals surface area contributed by atoms with E-state index in [0.717, 1.165) is 122 Å². The maximum atomic E-state index is 12.9. The third-order valence-corrected chi connectivity index (χ3v) is 15.6. The van der Waals surface area contributed by atoms with Crippen molar-refractivity contribution < 1.29 is 28.6 Å². The summed E-state index contributed by atoms with van der Waals surface area (Å²) >= 11 is 0. The number of carbonyl (C=O) groups is 3. The minimum absolute atomic E-state index is 0.0817. The van der Waals surface area contributed by atoms with Crippen molar-refractivity contribution >= 4 is 17.9 Å². The minimum Gasteiger partial charge on any atom is -0.462 e. The van der Waals surface area contributed by atoms with E-state index in [-0.39, 0.29) is 31.1 Å². The van der Waals surface area contributed by atoms with Crippen molar-refractivity contribution in [1.82, 2.24) is 0 Å². The van der Waals surface area contributed by atoms with Crippen LogP contribution in [0.2, 0.25) is 0 Å². The topological polar surface area (TPSA) is 78.9 Å². The molecule has 0 N–H and O–H groups in total. The molecule has 0 aliphatic carbocycles. The molecule has 1 atom stereocenters. The number of rotatable bonds is 65. The van der Waals surface area contributed by atoms with Gasteiger partial charge in [-0.3, -0.25) is 14.4 Å². The number of hydrogen-bond acceptors (Lipinski definition) is 6. The fourth-order valence-corrected chi connectivity index (χ4v) is 10.2. The Morgan fingerprint density at radius 1 is 0.253 bits per heavy atom. The van der Waals surface area contributed by atoms with Crippen LogP contribution in [0.25, 0.3) is 0 Å². The Morgan fingerprint density at radius 3 is 0.735 bits per heavy atom. The molecule has 0 aromatic rings. The summed E-state index contributed by atoms with van der Waals surface area (Å²) in [5.74, 6) is -0.884. The molecule has 6 nitrogen and oxygen atoms in total. The van der Waals surface area contributed by atoms with E-state index >= 15 is 0 Å². The Bertz CT molecular complexity index is 1610. The molecule has 0 aromatic carbocycles. The molecule has 0 rings (SSSR count). The normalized spacial score (nSPS) is 12.7. The van der Waals surface area contributed by atoms with Crippen molar-refractivity contribution in [2.75, 3.05) is 13.2 Å². The Morgan fingerprint density at radius 2 is 0.470 bits per heavy atom. The van der Waals surface area contributed by atoms with Gasteiger partial charge in [-0.25, -0.2) is 0 Å². The van der Waals surface area contributed by atoms with Gasteiger partial charge in [0.25, 0.3) is 0 Å². The van der Waals surface area contributed by atoms with Crippen LogP contribution in [0.5, 0.6) is 0 Å². The largest absolute Gasteiger partial charge is 0.462 e. The lowest BCUT2D eigenvalue weighted by molar-refractivity contribution is -0.167. The zero-order chi connectivity index (χ0) is 59.9. The summed E-state index contributed by atoms with van der Waals surface area (Å²) < 4.78 is 17.0. The van der Waals surface area contributed by atoms with Crippen molar-refractivity contribution in [3.8, 4) is 0 Å². The van der Waals surface area contributed by atoms with Crippen LogP contribution >= 0.6 is 0 Å². The van der Waals surface area contributed by atoms with E-state index in [1.165, 1.54) is 193 Å². The molecule has 0 aromatic heterocycles. The molecule has 83 heavy (non-hydrogen) atoms. The third-order valence-electron chi connectivity index (χ3n) is 15.6. The summed E-state index contributed by atoms with van der Waals surface area (Å²) in [4.78, 5) is 38.4. The van der Waals surface area contributed by atoms with E-state index in [9.17, 15) is 14.4 Å². The zero-order valence-electron chi connectivity index (χ0n) is 54.9. The maximum absolute atomic E-state index is 12.9. The van der Waals surface area contributed by atoms with Gasteiger partial charge >= 0.3 is 17.9 Å². The summed E-state index contributed by atoms with van der Waals surface area (Å²) in [6.07, 6.45) is 95.8. The molecule has 0 saturated heterocycles. The molecule has 0 saturated carbocycles. The zero-order valence-corrected chi connectivity index (χ0v) is 54.9. The number of hydrogen-bond donors (Lipinski definition) is 0. The van der Waals surface area contributed by atoms with E-state index < -0.39 is 6.10 Å². The lowest BCUT2D eigenvalue weighted by Crippen LogP contribution is -2.30. The summed E-state index contributed by atoms with van der Waals surface area (Å²) in [5.41, 5.74) is 0. The van der Waals surface area contributed by atoms with Gasteiger partial charge in [-0.1, -0.05) is 330 Å². The highest BCUT2D eigenvalue weighted by molar-refractivity contribution is 5.71. The minimum atomic E-state index is -0.788. The van der Waals surface area contributed by atoms with Crippen LogP contribution in [0.4, 0.5) is 0 Å². The Hall–Kier alpha value is -3.67. The molecule has 0 bridgehead atoms. The molecule has 0 radical (unpaired) electrons. The fourth-order valence-electron chi connectivity index (χ4n) is 10.2. The van der Waals surface area contributed by atoms with Crippen LogP contribution in [0.1, 0.15) is 355 Å². The third kappa shape index (κ3) is 69.0. The fraction of sp³-hybridized carbons (Fsp3) is 0.753. The molecule has 478 valence electrons. The van der Waals surface area contributed by atoms with Crippen molar-refractivity contribution in [3.63, 3.8) is 0 Å². The number of esters is 3. The average molecular weight is 1160 g/mol. The second-order valence-electron chi connectivity index (χ2n) is 23.8. The first kappa shape index (κ1) is 79.3. The van der Waals surface area contributed by atoms with Gasteiger partial charge in [0.2, 0.25) is 0 Å². The Kier molecular flexibility index (Phi) is 67.7. The lowest BCUT2D eigenvalue weighted by Gasteiger charge is -2.18. The van der Waals surface area contributed by atoms with Gasteiger partial charge in [0, 0.05) is 19.3 Å². The van der Waals surface area contributed by atoms with Crippen molar-refractivity contribution in [3.05, 3.63) is 97.2 Å². The van der Waals surface area contributed by atoms with Crippen LogP contribution in [0.15, 0.2) is 97.2 Å². The molecule has 1 unspecified atom stereocenters. The van der Waals surface area contributed by atoms with Gasteiger partial charge in [0.1, 0.15) is 13.2 Å². The van der Waals surface area contributed by atoms with E-state index in [0.29, 0.717) is 19.3 Å². The number of unbranched alkanes of at least 4 members (excludes halogenated alkanes) is 38. The molecular weight excluding hydrogens is 1020 g/mol. The maximum Gasteiger partial charge on any atom is 0.306 e. The molecule has 0 spiro atoms. The van der Waals surface area contributed by atoms with E-state index in [1.807, 2.05) is 0 Å². The van der Waals surface area contributed by atoms with E-state index in [4.69, 9.17) is 14.2 Å². The quantitative estimate of drug-likeness (QED) is 0.0261. The standard InChI is InChI=1S/C77H134O6/c1-4-7-10-13-16-19-22-25-27-29-31-33-34-35-36-37-38-39-40-41-42-44-45-47-49-52-55-58-61-64-67-70-76(79)82-73-74(72-81-75(78)69-66-63-60-57-54-51-24-21-18-15-12-9-6-3)83-77(80)71-68-65-62-59-56-53-50-48-46-43-32-30-28-26-23-20-17-14-11-8-5-2/h8,11,17,20,22,25-26,28-29,31-32,34-35,43,48,50,74H,4-7,9-10,12-16,18-19,21,23-24,27,30,33,36-42,44-47,49,51-73H2,1-3H3/b11-8-,20-17-,25-22-,28-26-,31-29-,35-34-,43-32-,50-48-. The van der Waals surface area contributed by atoms with Gasteiger partial charge in [-0.2, -0.15) is 0 Å². The van der Waals surface area contributed by atoms with Crippen LogP contribution in [0, 0.1) is 0 Å². The molecular formula is C77H134O6. The van der Waals surface area contributed by atoms with Crippen LogP contribution in [-0.2, 0) is 28.6 Å². The number of ether oxygens (including phenoxy) is 3. The first-order chi connectivity index (χ1) is 41.0. The van der Waals surface area contributed by atoms with E-state index in [2.05, 4.69) is 118 Å². The van der Waals surface area contributed by atoms with Gasteiger partial charge in [-0.05, 0) is 103 Å². The Labute approximate surface area is 515 Å². The van der Waals surface area contributed by atoms with Crippen LogP contribution in [0.3, 0.4) is 0 Å². The second-order valence-corrected chi connectivity index (χ2v) is 23.8. The molecule has 0 amide bonds. The van der Waals surface area contributed by atoms with Crippen LogP contribution < -0.4 is 0 Å². The first-order valence-corrected chi connectivity index (χ1v) is 35.7. The van der Waals surface area contributed by atoms with Gasteiger partial charge < -0.3 is 14.2 Å². The SMILES string of the molecule is CC/C=C\C/C=C\C/C=C\C/C=C\C/C=C\CCCCCCCC(=O)OC(COC(=O)CCCCCCCCCCCCCCC)COC(=O)CCCCCCCCCCCCCCCCCC/C=C\C/C=C\C/C=C\CCCCCCC. The summed E-state index contributed by atoms with van der Waals surface area (Å²) in [7, 11) is 0. The number of carbonyl (C=O) groups excluding carboxylic acids is 3. The van der Waals surface area contributed by atoms with Gasteiger partial charge in [0.05, 0.1) is 0 Å². The molecule has 0 aliphatic rings. The van der Waals surface area contributed by atoms with Crippen LogP contribution in [-0.4, -0.2) is 37.2 Å². The predicted octanol–water partition coefficient (Wildman–Crippen LogP) is 24.8. The van der Waals surface area contributed by atoms with Gasteiger partial charge in [0.15, 0.2) is 6.10 Å². The first-order valence-electron chi connectivity index (χ1n) is 35.7. The highest BCUT2D eigenvalue weighted by Gasteiger charge is 2.19. The highest BCUT2D eigenvalue weighted by Crippen LogP contribution is 2.17. The summed E-state index contributed by atoms with van der Waals surface area (Å²) in [6.45, 7) is 6.54. The predicted molar refractivity (Wildman–Crippen MR) is 362 cm³/mol. The molecule has 0 heterocycles. The summed E-state index contributed by atoms with van der Waals surface area (Å²) in [5, 5.41) is 0. The average Bonchev–Trinajstić information content (AvgIpc) is 3.49.